The van der Waals surface area contributed by atoms with Gasteiger partial charge in [0.2, 0.25) is 0 Å². The molecule has 27 heavy (non-hydrogen) atoms. The van der Waals surface area contributed by atoms with Crippen LogP contribution in [0, 0.1) is 5.41 Å². The first kappa shape index (κ1) is 18.4. The predicted octanol–water partition coefficient (Wildman–Crippen LogP) is 3.29. The molecule has 8 nitrogen and oxygen atoms in total. The highest BCUT2D eigenvalue weighted by atomic mass is 16.2. The number of H-pyrrole nitrogens is 1. The number of aromatic nitrogens is 3. The third-order valence-corrected chi connectivity index (χ3v) is 3.95. The van der Waals surface area contributed by atoms with Crippen molar-refractivity contribution in [2.75, 3.05) is 24.7 Å². The summed E-state index contributed by atoms with van der Waals surface area (Å²) >= 11 is 0. The van der Waals surface area contributed by atoms with Crippen molar-refractivity contribution in [3.05, 3.63) is 47.9 Å². The summed E-state index contributed by atoms with van der Waals surface area (Å²) in [6.45, 7) is 3.97. The first-order valence-electron chi connectivity index (χ1n) is 8.63. The molecule has 3 aromatic rings. The normalized spacial score (nSPS) is 10.9. The second kappa shape index (κ2) is 7.45. The maximum absolute atomic E-state index is 12.2. The molecule has 1 aromatic carbocycles. The van der Waals surface area contributed by atoms with E-state index < -0.39 is 0 Å². The number of benzene rings is 1. The van der Waals surface area contributed by atoms with Crippen LogP contribution in [0.4, 0.5) is 16.4 Å². The Morgan fingerprint density at radius 3 is 2.56 bits per heavy atom. The van der Waals surface area contributed by atoms with E-state index in [2.05, 4.69) is 25.6 Å². The van der Waals surface area contributed by atoms with Crippen LogP contribution < -0.4 is 10.6 Å². The minimum atomic E-state index is -0.324. The van der Waals surface area contributed by atoms with Gasteiger partial charge in [-0.1, -0.05) is 18.2 Å². The van der Waals surface area contributed by atoms with Gasteiger partial charge in [-0.3, -0.25) is 10.7 Å². The third-order valence-electron chi connectivity index (χ3n) is 3.95. The van der Waals surface area contributed by atoms with Crippen molar-refractivity contribution in [1.82, 2.24) is 19.9 Å². The molecule has 3 rings (SSSR count). The fourth-order valence-electron chi connectivity index (χ4n) is 2.66. The molecular weight excluding hydrogens is 342 g/mol. The minimum Gasteiger partial charge on any atom is -0.367 e. The Bertz CT molecular complexity index is 958. The van der Waals surface area contributed by atoms with E-state index in [4.69, 9.17) is 5.41 Å². The molecule has 2 heterocycles. The van der Waals surface area contributed by atoms with E-state index in [1.807, 2.05) is 44.2 Å². The first-order chi connectivity index (χ1) is 12.9. The molecule has 0 bridgehead atoms. The molecule has 2 aromatic heterocycles. The zero-order chi connectivity index (χ0) is 19.6. The Morgan fingerprint density at radius 1 is 1.19 bits per heavy atom. The summed E-state index contributed by atoms with van der Waals surface area (Å²) < 4.78 is 0. The zero-order valence-electron chi connectivity index (χ0n) is 15.8. The molecule has 4 N–H and O–H groups in total. The van der Waals surface area contributed by atoms with E-state index in [0.717, 1.165) is 10.9 Å². The van der Waals surface area contributed by atoms with E-state index in [1.54, 1.807) is 14.1 Å². The molecule has 0 radical (unpaired) electrons. The molecule has 0 aliphatic heterocycles. The highest BCUT2D eigenvalue weighted by molar-refractivity contribution is 6.18. The van der Waals surface area contributed by atoms with Gasteiger partial charge in [0.15, 0.2) is 0 Å². The summed E-state index contributed by atoms with van der Waals surface area (Å²) in [5.74, 6) is 0.785. The maximum atomic E-state index is 12.2. The van der Waals surface area contributed by atoms with Crippen molar-refractivity contribution in [2.24, 2.45) is 0 Å². The van der Waals surface area contributed by atoms with Crippen LogP contribution >= 0.6 is 0 Å². The number of amides is 2. The number of nitrogens with one attached hydrogen (secondary N) is 4. The quantitative estimate of drug-likeness (QED) is 0.520. The Balaban J connectivity index is 2.09. The standard InChI is InChI=1S/C19H23N7O/c1-11(2)23-17-15(18(22-10-21-17)25-19(27)26(3)4)16(20)14-9-12-7-5-6-8-13(12)24-14/h5-11,20,24H,1-4H3,(H2,21,22,23,25,27). The summed E-state index contributed by atoms with van der Waals surface area (Å²) in [4.78, 5) is 25.3. The predicted molar refractivity (Wildman–Crippen MR) is 108 cm³/mol. The summed E-state index contributed by atoms with van der Waals surface area (Å²) in [6, 6.07) is 9.50. The molecule has 140 valence electrons. The number of carbonyl (C=O) groups is 1. The van der Waals surface area contributed by atoms with Crippen LogP contribution in [0.5, 0.6) is 0 Å². The lowest BCUT2D eigenvalue weighted by Gasteiger charge is -2.18. The van der Waals surface area contributed by atoms with E-state index in [9.17, 15) is 4.79 Å². The largest absolute Gasteiger partial charge is 0.367 e. The molecule has 0 saturated heterocycles. The van der Waals surface area contributed by atoms with Crippen molar-refractivity contribution in [3.63, 3.8) is 0 Å². The Labute approximate surface area is 157 Å². The molecule has 0 atom stereocenters. The molecule has 0 spiro atoms. The summed E-state index contributed by atoms with van der Waals surface area (Å²) in [6.07, 6.45) is 1.37. The number of para-hydroxylation sites is 1. The van der Waals surface area contributed by atoms with Crippen LogP contribution in [0.3, 0.4) is 0 Å². The molecule has 0 aliphatic rings. The number of carbonyl (C=O) groups excluding carboxylic acids is 1. The highest BCUT2D eigenvalue weighted by Gasteiger charge is 2.21. The van der Waals surface area contributed by atoms with Gasteiger partial charge >= 0.3 is 6.03 Å². The average Bonchev–Trinajstić information content (AvgIpc) is 3.05. The molecule has 0 fully saturated rings. The Hall–Kier alpha value is -3.42. The van der Waals surface area contributed by atoms with E-state index in [1.165, 1.54) is 11.2 Å². The van der Waals surface area contributed by atoms with Crippen molar-refractivity contribution in [2.45, 2.75) is 19.9 Å². The van der Waals surface area contributed by atoms with Gasteiger partial charge in [-0.2, -0.15) is 0 Å². The number of nitrogens with zero attached hydrogens (tertiary/aromatic N) is 3. The van der Waals surface area contributed by atoms with Gasteiger partial charge in [-0.15, -0.1) is 0 Å². The molecule has 0 aliphatic carbocycles. The van der Waals surface area contributed by atoms with Gasteiger partial charge in [-0.05, 0) is 26.0 Å². The van der Waals surface area contributed by atoms with Crippen LogP contribution in [0.2, 0.25) is 0 Å². The zero-order valence-corrected chi connectivity index (χ0v) is 15.8. The summed E-state index contributed by atoms with van der Waals surface area (Å²) in [7, 11) is 3.29. The fourth-order valence-corrected chi connectivity index (χ4v) is 2.66. The number of aromatic amines is 1. The van der Waals surface area contributed by atoms with Crippen molar-refractivity contribution in [3.8, 4) is 0 Å². The molecule has 2 amide bonds. The van der Waals surface area contributed by atoms with Crippen LogP contribution in [0.1, 0.15) is 25.1 Å². The smallest absolute Gasteiger partial charge is 0.322 e. The van der Waals surface area contributed by atoms with Crippen molar-refractivity contribution in [1.29, 1.82) is 5.41 Å². The molecule has 8 heteroatoms. The molecule has 0 unspecified atom stereocenters. The Kier molecular flexibility index (Phi) is 5.07. The van der Waals surface area contributed by atoms with Gasteiger partial charge in [-0.25, -0.2) is 14.8 Å². The van der Waals surface area contributed by atoms with Crippen molar-refractivity contribution >= 4 is 34.3 Å². The minimum absolute atomic E-state index is 0.103. The van der Waals surface area contributed by atoms with Gasteiger partial charge in [0.25, 0.3) is 0 Å². The number of hydrogen-bond acceptors (Lipinski definition) is 5. The number of urea groups is 1. The first-order valence-corrected chi connectivity index (χ1v) is 8.63. The monoisotopic (exact) mass is 365 g/mol. The van der Waals surface area contributed by atoms with Crippen LogP contribution in [-0.2, 0) is 0 Å². The molecule has 0 saturated carbocycles. The van der Waals surface area contributed by atoms with E-state index in [0.29, 0.717) is 17.1 Å². The number of hydrogen-bond donors (Lipinski definition) is 4. The average molecular weight is 365 g/mol. The lowest BCUT2D eigenvalue weighted by molar-refractivity contribution is 0.230. The number of fused-ring (bicyclic) bond motifs is 1. The summed E-state index contributed by atoms with van der Waals surface area (Å²) in [5, 5.41) is 15.7. The van der Waals surface area contributed by atoms with E-state index in [-0.39, 0.29) is 23.6 Å². The second-order valence-corrected chi connectivity index (χ2v) is 6.71. The fraction of sp³-hybridized carbons (Fsp3) is 0.263. The SMILES string of the molecule is CC(C)Nc1ncnc(NC(=O)N(C)C)c1C(=N)c1cc2ccccc2[nH]1. The van der Waals surface area contributed by atoms with Crippen LogP contribution in [0.15, 0.2) is 36.7 Å². The number of rotatable bonds is 5. The van der Waals surface area contributed by atoms with Crippen LogP contribution in [0.25, 0.3) is 10.9 Å². The lowest BCUT2D eigenvalue weighted by atomic mass is 10.1. The van der Waals surface area contributed by atoms with Gasteiger partial charge in [0, 0.05) is 31.0 Å². The van der Waals surface area contributed by atoms with E-state index >= 15 is 0 Å². The maximum Gasteiger partial charge on any atom is 0.322 e. The molecular formula is C19H23N7O. The van der Waals surface area contributed by atoms with Crippen LogP contribution in [-0.4, -0.2) is 51.7 Å². The highest BCUT2D eigenvalue weighted by Crippen LogP contribution is 2.26. The van der Waals surface area contributed by atoms with Gasteiger partial charge < -0.3 is 15.2 Å². The van der Waals surface area contributed by atoms with Gasteiger partial charge in [0.05, 0.1) is 17.0 Å². The second-order valence-electron chi connectivity index (χ2n) is 6.71. The third kappa shape index (κ3) is 3.89. The number of anilines is 2. The lowest BCUT2D eigenvalue weighted by Crippen LogP contribution is -2.29. The Morgan fingerprint density at radius 2 is 1.89 bits per heavy atom. The van der Waals surface area contributed by atoms with Gasteiger partial charge in [0.1, 0.15) is 18.0 Å². The summed E-state index contributed by atoms with van der Waals surface area (Å²) in [5.41, 5.74) is 2.20. The van der Waals surface area contributed by atoms with Crippen molar-refractivity contribution < 1.29 is 4.79 Å². The topological polar surface area (TPSA) is 110 Å².